The van der Waals surface area contributed by atoms with E-state index in [1.54, 1.807) is 6.20 Å². The smallest absolute Gasteiger partial charge is 0.215 e. The molecule has 0 aliphatic carbocycles. The Balaban J connectivity index is 1.64. The lowest BCUT2D eigenvalue weighted by atomic mass is 10.1. The van der Waals surface area contributed by atoms with Gasteiger partial charge in [0.2, 0.25) is 5.95 Å². The number of fused-ring (bicyclic) bond motifs is 1. The lowest BCUT2D eigenvalue weighted by molar-refractivity contribution is -0.0381. The van der Waals surface area contributed by atoms with E-state index in [4.69, 9.17) is 10.2 Å². The second-order valence-corrected chi connectivity index (χ2v) is 7.16. The minimum Gasteiger partial charge on any atom is -0.368 e. The van der Waals surface area contributed by atoms with E-state index < -0.39 is 6.29 Å². The Bertz CT molecular complexity index is 1070. The molecule has 4 aromatic rings. The van der Waals surface area contributed by atoms with Crippen molar-refractivity contribution in [1.82, 2.24) is 24.6 Å². The molecule has 8 nitrogen and oxygen atoms in total. The molecule has 0 saturated carbocycles. The number of nitrogens with zero attached hydrogens (tertiary/aromatic N) is 4. The molecule has 0 saturated heterocycles. The maximum absolute atomic E-state index is 9.17. The Labute approximate surface area is 159 Å². The Hall–Kier alpha value is -2.88. The van der Waals surface area contributed by atoms with Crippen LogP contribution in [-0.2, 0) is 6.42 Å². The second-order valence-electron chi connectivity index (χ2n) is 6.07. The lowest BCUT2D eigenvalue weighted by Gasteiger charge is -2.09. The van der Waals surface area contributed by atoms with Gasteiger partial charge in [-0.1, -0.05) is 23.9 Å². The Kier molecular flexibility index (Phi) is 4.80. The first-order chi connectivity index (χ1) is 13.1. The highest BCUT2D eigenvalue weighted by Gasteiger charge is 2.10. The lowest BCUT2D eigenvalue weighted by Crippen LogP contribution is -2.07. The van der Waals surface area contributed by atoms with Gasteiger partial charge in [0.1, 0.15) is 10.7 Å². The summed E-state index contributed by atoms with van der Waals surface area (Å²) in [7, 11) is 0. The molecule has 3 heterocycles. The van der Waals surface area contributed by atoms with Crippen LogP contribution in [0.1, 0.15) is 11.3 Å². The van der Waals surface area contributed by atoms with Crippen molar-refractivity contribution in [2.75, 3.05) is 5.32 Å². The monoisotopic (exact) mass is 382 g/mol. The Morgan fingerprint density at radius 3 is 2.93 bits per heavy atom. The van der Waals surface area contributed by atoms with Crippen molar-refractivity contribution in [2.24, 2.45) is 0 Å². The third kappa shape index (κ3) is 4.11. The Morgan fingerprint density at radius 1 is 1.26 bits per heavy atom. The molecule has 0 atom stereocenters. The fraction of sp³-hybridized carbons (Fsp3) is 0.167. The SMILES string of the molecule is Cc1cc(Nc2nc(Sc3cccc(CC(O)O)c3)cc3nccn23)n[nH]1. The van der Waals surface area contributed by atoms with Gasteiger partial charge in [-0.2, -0.15) is 5.10 Å². The van der Waals surface area contributed by atoms with Crippen LogP contribution in [0.3, 0.4) is 0 Å². The molecule has 0 amide bonds. The van der Waals surface area contributed by atoms with Crippen molar-refractivity contribution in [2.45, 2.75) is 29.6 Å². The van der Waals surface area contributed by atoms with E-state index in [9.17, 15) is 0 Å². The van der Waals surface area contributed by atoms with E-state index in [1.807, 2.05) is 53.9 Å². The van der Waals surface area contributed by atoms with E-state index in [0.29, 0.717) is 11.8 Å². The van der Waals surface area contributed by atoms with E-state index in [-0.39, 0.29) is 6.42 Å². The van der Waals surface area contributed by atoms with Gasteiger partial charge in [0.15, 0.2) is 12.1 Å². The second kappa shape index (κ2) is 7.39. The number of aliphatic hydroxyl groups excluding tert-OH is 1. The van der Waals surface area contributed by atoms with Gasteiger partial charge in [0, 0.05) is 41.5 Å². The van der Waals surface area contributed by atoms with Crippen molar-refractivity contribution in [3.63, 3.8) is 0 Å². The van der Waals surface area contributed by atoms with E-state index in [2.05, 4.69) is 25.5 Å². The van der Waals surface area contributed by atoms with Crippen molar-refractivity contribution in [3.05, 3.63) is 60.0 Å². The van der Waals surface area contributed by atoms with E-state index in [0.717, 1.165) is 26.8 Å². The highest BCUT2D eigenvalue weighted by atomic mass is 32.2. The zero-order chi connectivity index (χ0) is 18.8. The molecule has 138 valence electrons. The van der Waals surface area contributed by atoms with Crippen LogP contribution < -0.4 is 5.32 Å². The zero-order valence-corrected chi connectivity index (χ0v) is 15.3. The number of aryl methyl sites for hydroxylation is 1. The molecule has 27 heavy (non-hydrogen) atoms. The summed E-state index contributed by atoms with van der Waals surface area (Å²) < 4.78 is 1.85. The van der Waals surface area contributed by atoms with Crippen molar-refractivity contribution in [1.29, 1.82) is 0 Å². The van der Waals surface area contributed by atoms with Crippen LogP contribution in [-0.4, -0.2) is 41.1 Å². The molecule has 0 unspecified atom stereocenters. The molecule has 0 aliphatic rings. The van der Waals surface area contributed by atoms with Crippen molar-refractivity contribution < 1.29 is 10.2 Å². The van der Waals surface area contributed by atoms with Gasteiger partial charge < -0.3 is 15.5 Å². The highest BCUT2D eigenvalue weighted by Crippen LogP contribution is 2.29. The summed E-state index contributed by atoms with van der Waals surface area (Å²) in [6, 6.07) is 11.4. The normalized spacial score (nSPS) is 11.4. The Morgan fingerprint density at radius 2 is 2.15 bits per heavy atom. The quantitative estimate of drug-likeness (QED) is 0.299. The summed E-state index contributed by atoms with van der Waals surface area (Å²) in [5, 5.41) is 29.4. The third-order valence-electron chi connectivity index (χ3n) is 3.85. The number of hydrogen-bond donors (Lipinski definition) is 4. The van der Waals surface area contributed by atoms with Crippen LogP contribution >= 0.6 is 11.8 Å². The number of nitrogens with one attached hydrogen (secondary N) is 2. The fourth-order valence-electron chi connectivity index (χ4n) is 2.71. The first kappa shape index (κ1) is 17.5. The van der Waals surface area contributed by atoms with Crippen LogP contribution in [0.25, 0.3) is 5.65 Å². The largest absolute Gasteiger partial charge is 0.368 e. The van der Waals surface area contributed by atoms with Gasteiger partial charge >= 0.3 is 0 Å². The third-order valence-corrected chi connectivity index (χ3v) is 4.76. The maximum Gasteiger partial charge on any atom is 0.215 e. The molecule has 0 aliphatic heterocycles. The average Bonchev–Trinajstić information content (AvgIpc) is 3.23. The molecule has 3 aromatic heterocycles. The number of rotatable bonds is 6. The number of benzene rings is 1. The van der Waals surface area contributed by atoms with Crippen LogP contribution in [0, 0.1) is 6.92 Å². The molecular formula is C18H18N6O2S. The van der Waals surface area contributed by atoms with Gasteiger partial charge in [0.25, 0.3) is 0 Å². The van der Waals surface area contributed by atoms with Gasteiger partial charge in [-0.3, -0.25) is 9.50 Å². The number of imidazole rings is 1. The standard InChI is InChI=1S/C18H18N6O2S/c1-11-7-14(23-22-11)20-18-21-16(10-15-19-5-6-24(15)18)27-13-4-2-3-12(8-13)9-17(25)26/h2-8,10,17,25-26H,9H2,1H3,(H2,20,21,22,23). The van der Waals surface area contributed by atoms with Crippen molar-refractivity contribution >= 4 is 29.2 Å². The van der Waals surface area contributed by atoms with Gasteiger partial charge in [-0.25, -0.2) is 9.97 Å². The minimum atomic E-state index is -1.36. The molecule has 4 N–H and O–H groups in total. The number of H-pyrrole nitrogens is 1. The summed E-state index contributed by atoms with van der Waals surface area (Å²) in [5.74, 6) is 1.29. The van der Waals surface area contributed by atoms with Gasteiger partial charge in [0.05, 0.1) is 0 Å². The first-order valence-electron chi connectivity index (χ1n) is 8.33. The molecule has 1 aromatic carbocycles. The van der Waals surface area contributed by atoms with E-state index >= 15 is 0 Å². The highest BCUT2D eigenvalue weighted by molar-refractivity contribution is 7.99. The van der Waals surface area contributed by atoms with Crippen LogP contribution in [0.2, 0.25) is 0 Å². The number of aliphatic hydroxyl groups is 2. The van der Waals surface area contributed by atoms with E-state index in [1.165, 1.54) is 11.8 Å². The predicted octanol–water partition coefficient (Wildman–Crippen LogP) is 2.51. The van der Waals surface area contributed by atoms with Gasteiger partial charge in [-0.05, 0) is 24.6 Å². The molecule has 4 rings (SSSR count). The average molecular weight is 382 g/mol. The summed E-state index contributed by atoms with van der Waals surface area (Å²) in [4.78, 5) is 10.0. The first-order valence-corrected chi connectivity index (χ1v) is 9.14. The predicted molar refractivity (Wildman–Crippen MR) is 102 cm³/mol. The van der Waals surface area contributed by atoms with Crippen molar-refractivity contribution in [3.8, 4) is 0 Å². The summed E-state index contributed by atoms with van der Waals surface area (Å²) in [5.41, 5.74) is 2.57. The molecule has 0 spiro atoms. The fourth-order valence-corrected chi connectivity index (χ4v) is 3.60. The number of anilines is 2. The molecule has 0 fully saturated rings. The molecule has 0 bridgehead atoms. The number of hydrogen-bond acceptors (Lipinski definition) is 7. The maximum atomic E-state index is 9.17. The summed E-state index contributed by atoms with van der Waals surface area (Å²) in [6.07, 6.45) is 2.38. The topological polar surface area (TPSA) is 111 Å². The van der Waals surface area contributed by atoms with Crippen LogP contribution in [0.4, 0.5) is 11.8 Å². The molecule has 9 heteroatoms. The molecule has 0 radical (unpaired) electrons. The van der Waals surface area contributed by atoms with Crippen LogP contribution in [0.5, 0.6) is 0 Å². The number of aromatic amines is 1. The van der Waals surface area contributed by atoms with Gasteiger partial charge in [-0.15, -0.1) is 0 Å². The number of aromatic nitrogens is 5. The van der Waals surface area contributed by atoms with Crippen LogP contribution in [0.15, 0.2) is 58.7 Å². The minimum absolute atomic E-state index is 0.187. The molecular weight excluding hydrogens is 364 g/mol. The zero-order valence-electron chi connectivity index (χ0n) is 14.5. The summed E-state index contributed by atoms with van der Waals surface area (Å²) >= 11 is 1.48. The summed E-state index contributed by atoms with van der Waals surface area (Å²) in [6.45, 7) is 1.93.